The van der Waals surface area contributed by atoms with Crippen LogP contribution in [0.3, 0.4) is 0 Å². The van der Waals surface area contributed by atoms with Crippen molar-refractivity contribution in [2.75, 3.05) is 17.9 Å². The summed E-state index contributed by atoms with van der Waals surface area (Å²) >= 11 is 0. The Morgan fingerprint density at radius 2 is 2.06 bits per heavy atom. The Labute approximate surface area is 200 Å². The molecule has 0 radical (unpaired) electrons. The summed E-state index contributed by atoms with van der Waals surface area (Å²) in [5.74, 6) is 0.649. The van der Waals surface area contributed by atoms with Gasteiger partial charge in [0.2, 0.25) is 11.8 Å². The molecule has 0 amide bonds. The van der Waals surface area contributed by atoms with Gasteiger partial charge in [0.15, 0.2) is 6.61 Å². The lowest BCUT2D eigenvalue weighted by atomic mass is 9.98. The van der Waals surface area contributed by atoms with Crippen molar-refractivity contribution in [2.24, 2.45) is 0 Å². The Kier molecular flexibility index (Phi) is 6.36. The maximum absolute atomic E-state index is 12.9. The quantitative estimate of drug-likeness (QED) is 0.466. The van der Waals surface area contributed by atoms with Crippen LogP contribution in [0.5, 0.6) is 5.88 Å². The van der Waals surface area contributed by atoms with Crippen LogP contribution in [0.1, 0.15) is 54.4 Å². The summed E-state index contributed by atoms with van der Waals surface area (Å²) in [4.78, 5) is 14.8. The van der Waals surface area contributed by atoms with Crippen LogP contribution in [0.2, 0.25) is 0 Å². The number of hydrogen-bond donors (Lipinski definition) is 1. The molecule has 35 heavy (non-hydrogen) atoms. The first kappa shape index (κ1) is 23.5. The summed E-state index contributed by atoms with van der Waals surface area (Å²) in [6, 6.07) is 4.93. The first-order valence-corrected chi connectivity index (χ1v) is 12.7. The lowest BCUT2D eigenvalue weighted by Gasteiger charge is -2.33. The van der Waals surface area contributed by atoms with E-state index in [1.807, 2.05) is 13.0 Å². The van der Waals surface area contributed by atoms with E-state index >= 15 is 0 Å². The summed E-state index contributed by atoms with van der Waals surface area (Å²) in [6.07, 6.45) is 2.93. The van der Waals surface area contributed by atoms with Gasteiger partial charge in [0.25, 0.3) is 22.4 Å². The van der Waals surface area contributed by atoms with Crippen molar-refractivity contribution in [2.45, 2.75) is 56.0 Å². The molecule has 1 aliphatic carbocycles. The van der Waals surface area contributed by atoms with Crippen LogP contribution >= 0.6 is 0 Å². The van der Waals surface area contributed by atoms with Crippen molar-refractivity contribution >= 4 is 16.0 Å². The van der Waals surface area contributed by atoms with Crippen LogP contribution in [0.4, 0.5) is 14.7 Å². The van der Waals surface area contributed by atoms with Crippen LogP contribution in [-0.2, 0) is 23.0 Å². The van der Waals surface area contributed by atoms with Crippen molar-refractivity contribution in [3.05, 3.63) is 53.3 Å². The molecule has 3 heterocycles. The predicted molar refractivity (Wildman–Crippen MR) is 120 cm³/mol. The van der Waals surface area contributed by atoms with E-state index in [0.29, 0.717) is 18.1 Å². The van der Waals surface area contributed by atoms with Crippen LogP contribution in [0, 0.1) is 0 Å². The average molecular weight is 507 g/mol. The molecule has 3 aromatic rings. The minimum absolute atomic E-state index is 0.0402. The molecule has 1 saturated carbocycles. The molecule has 1 N–H and O–H groups in total. The molecule has 1 fully saturated rings. The van der Waals surface area contributed by atoms with E-state index < -0.39 is 23.1 Å². The van der Waals surface area contributed by atoms with E-state index in [2.05, 4.69) is 29.7 Å². The lowest BCUT2D eigenvalue weighted by molar-refractivity contribution is 0.0792. The molecular weight excluding hydrogens is 482 g/mol. The zero-order valence-corrected chi connectivity index (χ0v) is 19.7. The standard InChI is InChI=1S/C22H24F2N6O4S/c1-13(18-9-26-20(10-25-18)33-12-19(23)24)30-7-6-14-4-5-17(8-16(14)11-30)35(31,32)29-22-27-21(34-28-22)15-2-3-15/h4-5,8-10,13,15,19H,2-3,6-7,11-12H2,1H3,(H,28,29)/t13-/m1/s1. The molecule has 2 aliphatic rings. The number of nitrogens with zero attached hydrogens (tertiary/aromatic N) is 5. The maximum Gasteiger partial charge on any atom is 0.277 e. The minimum atomic E-state index is -3.89. The molecule has 5 rings (SSSR count). The number of halogens is 2. The number of anilines is 1. The van der Waals surface area contributed by atoms with Gasteiger partial charge in [-0.1, -0.05) is 6.07 Å². The number of nitrogens with one attached hydrogen (secondary N) is 1. The number of alkyl halides is 2. The molecule has 0 saturated heterocycles. The van der Waals surface area contributed by atoms with Crippen LogP contribution in [-0.4, -0.2) is 53.0 Å². The number of benzene rings is 1. The zero-order valence-electron chi connectivity index (χ0n) is 18.9. The smallest absolute Gasteiger partial charge is 0.277 e. The molecule has 0 unspecified atom stereocenters. The Morgan fingerprint density at radius 3 is 2.77 bits per heavy atom. The number of ether oxygens (including phenoxy) is 1. The normalized spacial score (nSPS) is 17.3. The summed E-state index contributed by atoms with van der Waals surface area (Å²) < 4.78 is 62.9. The van der Waals surface area contributed by atoms with Crippen molar-refractivity contribution in [1.29, 1.82) is 0 Å². The molecule has 0 spiro atoms. The molecule has 0 bridgehead atoms. The molecule has 2 aromatic heterocycles. The highest BCUT2D eigenvalue weighted by atomic mass is 32.2. The largest absolute Gasteiger partial charge is 0.470 e. The van der Waals surface area contributed by atoms with Gasteiger partial charge in [-0.15, -0.1) is 0 Å². The minimum Gasteiger partial charge on any atom is -0.470 e. The van der Waals surface area contributed by atoms with E-state index in [4.69, 9.17) is 9.26 Å². The van der Waals surface area contributed by atoms with Crippen molar-refractivity contribution in [3.8, 4) is 5.88 Å². The van der Waals surface area contributed by atoms with Gasteiger partial charge >= 0.3 is 0 Å². The van der Waals surface area contributed by atoms with Gasteiger partial charge in [0, 0.05) is 19.0 Å². The molecule has 13 heteroatoms. The average Bonchev–Trinajstić information content (AvgIpc) is 3.60. The molecule has 1 aromatic carbocycles. The fraction of sp³-hybridized carbons (Fsp3) is 0.455. The van der Waals surface area contributed by atoms with Crippen LogP contribution in [0.25, 0.3) is 0 Å². The van der Waals surface area contributed by atoms with Gasteiger partial charge in [-0.2, -0.15) is 4.98 Å². The number of sulfonamides is 1. The van der Waals surface area contributed by atoms with Gasteiger partial charge in [-0.3, -0.25) is 9.88 Å². The van der Waals surface area contributed by atoms with Crippen LogP contribution < -0.4 is 9.46 Å². The summed E-state index contributed by atoms with van der Waals surface area (Å²) in [5, 5.41) is 3.73. The Bertz CT molecular complexity index is 1300. The number of rotatable bonds is 9. The Hall–Kier alpha value is -3.19. The second kappa shape index (κ2) is 9.46. The summed E-state index contributed by atoms with van der Waals surface area (Å²) in [5.41, 5.74) is 2.62. The lowest BCUT2D eigenvalue weighted by Crippen LogP contribution is -2.33. The monoisotopic (exact) mass is 506 g/mol. The molecule has 186 valence electrons. The van der Waals surface area contributed by atoms with E-state index in [1.165, 1.54) is 12.4 Å². The third-order valence-corrected chi connectivity index (χ3v) is 7.43. The van der Waals surface area contributed by atoms with Gasteiger partial charge in [-0.05, 0) is 54.6 Å². The third kappa shape index (κ3) is 5.40. The van der Waals surface area contributed by atoms with E-state index in [-0.39, 0.29) is 28.7 Å². The predicted octanol–water partition coefficient (Wildman–Crippen LogP) is 3.30. The van der Waals surface area contributed by atoms with Gasteiger partial charge in [-0.25, -0.2) is 26.9 Å². The van der Waals surface area contributed by atoms with E-state index in [9.17, 15) is 17.2 Å². The van der Waals surface area contributed by atoms with Crippen LogP contribution in [0.15, 0.2) is 40.0 Å². The SMILES string of the molecule is C[C@H](c1cnc(OCC(F)F)cn1)N1CCc2ccc(S(=O)(=O)Nc3noc(C4CC4)n3)cc2C1. The second-order valence-electron chi connectivity index (χ2n) is 8.64. The fourth-order valence-electron chi connectivity index (χ4n) is 3.96. The first-order valence-electron chi connectivity index (χ1n) is 11.2. The van der Waals surface area contributed by atoms with Gasteiger partial charge in [0.05, 0.1) is 29.0 Å². The highest BCUT2D eigenvalue weighted by molar-refractivity contribution is 7.92. The number of aromatic nitrogens is 4. The highest BCUT2D eigenvalue weighted by Crippen LogP contribution is 2.39. The maximum atomic E-state index is 12.9. The topological polar surface area (TPSA) is 123 Å². The number of hydrogen-bond acceptors (Lipinski definition) is 9. The van der Waals surface area contributed by atoms with E-state index in [1.54, 1.807) is 12.1 Å². The number of fused-ring (bicyclic) bond motifs is 1. The van der Waals surface area contributed by atoms with Gasteiger partial charge < -0.3 is 9.26 Å². The van der Waals surface area contributed by atoms with E-state index in [0.717, 1.165) is 36.9 Å². The molecule has 1 aliphatic heterocycles. The first-order chi connectivity index (χ1) is 16.8. The summed E-state index contributed by atoms with van der Waals surface area (Å²) in [7, 11) is -3.89. The summed E-state index contributed by atoms with van der Waals surface area (Å²) in [6.45, 7) is 2.49. The fourth-order valence-corrected chi connectivity index (χ4v) is 4.94. The Balaban J connectivity index is 1.27. The molecule has 1 atom stereocenters. The van der Waals surface area contributed by atoms with Crippen molar-refractivity contribution in [1.82, 2.24) is 25.0 Å². The van der Waals surface area contributed by atoms with Crippen molar-refractivity contribution < 1.29 is 26.5 Å². The van der Waals surface area contributed by atoms with Crippen molar-refractivity contribution in [3.63, 3.8) is 0 Å². The highest BCUT2D eigenvalue weighted by Gasteiger charge is 2.31. The Morgan fingerprint density at radius 1 is 1.23 bits per heavy atom. The third-order valence-electron chi connectivity index (χ3n) is 6.10. The molecule has 10 nitrogen and oxygen atoms in total. The molecular formula is C22H24F2N6O4S. The van der Waals surface area contributed by atoms with Gasteiger partial charge in [0.1, 0.15) is 0 Å². The zero-order chi connectivity index (χ0) is 24.6. The second-order valence-corrected chi connectivity index (χ2v) is 10.3.